The molecular weight excluding hydrogens is 204 g/mol. The first-order valence-corrected chi connectivity index (χ1v) is 5.37. The minimum Gasteiger partial charge on any atom is -0.0837 e. The molecule has 0 bridgehead atoms. The molecule has 0 amide bonds. The van der Waals surface area contributed by atoms with Crippen molar-refractivity contribution in [2.24, 2.45) is 0 Å². The minimum absolute atomic E-state index is 0.373. The van der Waals surface area contributed by atoms with Gasteiger partial charge < -0.3 is 0 Å². The third-order valence-electron chi connectivity index (χ3n) is 2.59. The van der Waals surface area contributed by atoms with Crippen molar-refractivity contribution >= 4 is 11.6 Å². The Kier molecular flexibility index (Phi) is 3.08. The summed E-state index contributed by atoms with van der Waals surface area (Å²) in [6.45, 7) is 2.18. The van der Waals surface area contributed by atoms with Crippen LogP contribution in [0, 0.1) is 6.07 Å². The van der Waals surface area contributed by atoms with Gasteiger partial charge in [-0.2, -0.15) is 0 Å². The first-order valence-electron chi connectivity index (χ1n) is 4.99. The lowest BCUT2D eigenvalue weighted by molar-refractivity contribution is 0.922. The van der Waals surface area contributed by atoms with Crippen LogP contribution in [0.4, 0.5) is 0 Å². The Morgan fingerprint density at radius 1 is 1.07 bits per heavy atom. The summed E-state index contributed by atoms with van der Waals surface area (Å²) in [4.78, 5) is 0. The molecule has 1 unspecified atom stereocenters. The highest BCUT2D eigenvalue weighted by Crippen LogP contribution is 2.25. The zero-order valence-corrected chi connectivity index (χ0v) is 9.33. The van der Waals surface area contributed by atoms with Gasteiger partial charge in [0.2, 0.25) is 0 Å². The van der Waals surface area contributed by atoms with Gasteiger partial charge in [0.15, 0.2) is 0 Å². The van der Waals surface area contributed by atoms with E-state index in [9.17, 15) is 0 Å². The van der Waals surface area contributed by atoms with Crippen LogP contribution in [0.25, 0.3) is 0 Å². The van der Waals surface area contributed by atoms with Gasteiger partial charge in [-0.25, -0.2) is 0 Å². The Hall–Kier alpha value is -1.27. The lowest BCUT2D eigenvalue weighted by atomic mass is 9.93. The molecule has 2 rings (SSSR count). The Morgan fingerprint density at radius 3 is 2.47 bits per heavy atom. The van der Waals surface area contributed by atoms with Gasteiger partial charge in [0.25, 0.3) is 0 Å². The van der Waals surface area contributed by atoms with Crippen LogP contribution in [0.15, 0.2) is 48.5 Å². The van der Waals surface area contributed by atoms with Gasteiger partial charge in [-0.15, -0.1) is 0 Å². The van der Waals surface area contributed by atoms with Crippen LogP contribution >= 0.6 is 11.6 Å². The first kappa shape index (κ1) is 10.3. The van der Waals surface area contributed by atoms with Gasteiger partial charge in [0.05, 0.1) is 0 Å². The zero-order valence-electron chi connectivity index (χ0n) is 8.57. The summed E-state index contributed by atoms with van der Waals surface area (Å²) in [6, 6.07) is 19.3. The van der Waals surface area contributed by atoms with E-state index in [4.69, 9.17) is 11.6 Å². The molecule has 1 atom stereocenters. The van der Waals surface area contributed by atoms with Crippen LogP contribution in [-0.2, 0) is 0 Å². The van der Waals surface area contributed by atoms with Crippen molar-refractivity contribution in [2.75, 3.05) is 0 Å². The van der Waals surface area contributed by atoms with E-state index in [1.54, 1.807) is 0 Å². The quantitative estimate of drug-likeness (QED) is 0.701. The van der Waals surface area contributed by atoms with Crippen molar-refractivity contribution in [3.8, 4) is 0 Å². The molecular formula is C14H12Cl. The van der Waals surface area contributed by atoms with E-state index in [0.29, 0.717) is 10.9 Å². The number of hydrogen-bond donors (Lipinski definition) is 0. The highest BCUT2D eigenvalue weighted by molar-refractivity contribution is 6.30. The lowest BCUT2D eigenvalue weighted by Gasteiger charge is -2.12. The maximum absolute atomic E-state index is 5.92. The van der Waals surface area contributed by atoms with Crippen LogP contribution in [0.2, 0.25) is 5.02 Å². The van der Waals surface area contributed by atoms with Crippen LogP contribution in [0.1, 0.15) is 24.0 Å². The second-order valence-corrected chi connectivity index (χ2v) is 4.01. The fourth-order valence-electron chi connectivity index (χ4n) is 1.66. The average molecular weight is 216 g/mol. The second-order valence-electron chi connectivity index (χ2n) is 3.60. The van der Waals surface area contributed by atoms with Crippen molar-refractivity contribution in [1.82, 2.24) is 0 Å². The molecule has 0 saturated heterocycles. The predicted octanol–water partition coefficient (Wildman–Crippen LogP) is 4.29. The topological polar surface area (TPSA) is 0 Å². The molecule has 15 heavy (non-hydrogen) atoms. The molecule has 1 radical (unpaired) electrons. The average Bonchev–Trinajstić information content (AvgIpc) is 2.29. The summed E-state index contributed by atoms with van der Waals surface area (Å²) in [5.41, 5.74) is 2.53. The summed E-state index contributed by atoms with van der Waals surface area (Å²) in [5, 5.41) is 0.676. The molecule has 0 fully saturated rings. The van der Waals surface area contributed by atoms with Crippen LogP contribution in [0.3, 0.4) is 0 Å². The minimum atomic E-state index is 0.373. The van der Waals surface area contributed by atoms with Gasteiger partial charge in [0, 0.05) is 17.0 Å². The smallest absolute Gasteiger partial charge is 0.0487 e. The van der Waals surface area contributed by atoms with Crippen molar-refractivity contribution in [3.05, 3.63) is 70.7 Å². The Labute approximate surface area is 95.5 Å². The van der Waals surface area contributed by atoms with E-state index in [-0.39, 0.29) is 0 Å². The fourth-order valence-corrected chi connectivity index (χ4v) is 1.85. The van der Waals surface area contributed by atoms with E-state index in [2.05, 4.69) is 43.3 Å². The first-order chi connectivity index (χ1) is 7.27. The molecule has 0 aliphatic carbocycles. The lowest BCUT2D eigenvalue weighted by Crippen LogP contribution is -1.95. The van der Waals surface area contributed by atoms with E-state index < -0.39 is 0 Å². The summed E-state index contributed by atoms with van der Waals surface area (Å²) < 4.78 is 0. The molecule has 2 aromatic carbocycles. The summed E-state index contributed by atoms with van der Waals surface area (Å²) in [5.74, 6) is 0.373. The summed E-state index contributed by atoms with van der Waals surface area (Å²) in [7, 11) is 0. The number of rotatable bonds is 2. The normalized spacial score (nSPS) is 12.4. The van der Waals surface area contributed by atoms with E-state index in [0.717, 1.165) is 0 Å². The van der Waals surface area contributed by atoms with Crippen molar-refractivity contribution in [3.63, 3.8) is 0 Å². The van der Waals surface area contributed by atoms with Gasteiger partial charge in [0.1, 0.15) is 0 Å². The zero-order chi connectivity index (χ0) is 10.7. The highest BCUT2D eigenvalue weighted by Gasteiger charge is 2.07. The third kappa shape index (κ3) is 2.40. The summed E-state index contributed by atoms with van der Waals surface area (Å²) in [6.07, 6.45) is 0. The van der Waals surface area contributed by atoms with Gasteiger partial charge in [-0.3, -0.25) is 0 Å². The van der Waals surface area contributed by atoms with Crippen LogP contribution in [0.5, 0.6) is 0 Å². The Balaban J connectivity index is 2.32. The second kappa shape index (κ2) is 4.50. The van der Waals surface area contributed by atoms with Crippen LogP contribution < -0.4 is 0 Å². The fraction of sp³-hybridized carbons (Fsp3) is 0.143. The van der Waals surface area contributed by atoms with Crippen molar-refractivity contribution < 1.29 is 0 Å². The molecule has 75 valence electrons. The van der Waals surface area contributed by atoms with E-state index >= 15 is 0 Å². The van der Waals surface area contributed by atoms with Gasteiger partial charge in [-0.1, -0.05) is 61.0 Å². The molecule has 0 aliphatic heterocycles. The van der Waals surface area contributed by atoms with Gasteiger partial charge >= 0.3 is 0 Å². The monoisotopic (exact) mass is 215 g/mol. The Morgan fingerprint density at radius 2 is 1.80 bits per heavy atom. The van der Waals surface area contributed by atoms with E-state index in [1.807, 2.05) is 18.2 Å². The molecule has 0 saturated carbocycles. The maximum Gasteiger partial charge on any atom is 0.0487 e. The standard InChI is InChI=1S/C14H12Cl/c1-11(12-6-3-2-4-7-12)13-8-5-9-14(15)10-13/h2-8,10-11H,1H3. The summed E-state index contributed by atoms with van der Waals surface area (Å²) >= 11 is 5.92. The number of benzene rings is 2. The molecule has 0 aromatic heterocycles. The number of halogens is 1. The maximum atomic E-state index is 5.92. The number of hydrogen-bond acceptors (Lipinski definition) is 0. The molecule has 0 nitrogen and oxygen atoms in total. The van der Waals surface area contributed by atoms with Crippen LogP contribution in [-0.4, -0.2) is 0 Å². The molecule has 0 heterocycles. The van der Waals surface area contributed by atoms with Crippen molar-refractivity contribution in [1.29, 1.82) is 0 Å². The molecule has 0 spiro atoms. The van der Waals surface area contributed by atoms with Crippen molar-refractivity contribution in [2.45, 2.75) is 12.8 Å². The highest BCUT2D eigenvalue weighted by atomic mass is 35.5. The largest absolute Gasteiger partial charge is 0.0837 e. The molecule has 0 aliphatic rings. The Bertz CT molecular complexity index is 434. The molecule has 1 heteroatoms. The SMILES string of the molecule is CC(c1ccccc1)c1cc[c]c(Cl)c1. The molecule has 0 N–H and O–H groups in total. The third-order valence-corrected chi connectivity index (χ3v) is 2.81. The molecule has 2 aromatic rings. The van der Waals surface area contributed by atoms with Gasteiger partial charge in [-0.05, 0) is 17.2 Å². The van der Waals surface area contributed by atoms with E-state index in [1.165, 1.54) is 11.1 Å². The predicted molar refractivity (Wildman–Crippen MR) is 64.2 cm³/mol.